The lowest BCUT2D eigenvalue weighted by atomic mass is 9.82. The van der Waals surface area contributed by atoms with Gasteiger partial charge in [-0.25, -0.2) is 4.39 Å². The van der Waals surface area contributed by atoms with E-state index < -0.39 is 29.7 Å². The van der Waals surface area contributed by atoms with Crippen LogP contribution in [0.5, 0.6) is 17.2 Å². The molecule has 1 amide bonds. The molecule has 0 aromatic heterocycles. The number of hydrogen-bond donors (Lipinski definition) is 2. The Morgan fingerprint density at radius 3 is 2.34 bits per heavy atom. The number of aliphatic carboxylic acids is 1. The minimum absolute atomic E-state index is 0.0277. The molecule has 0 saturated carbocycles. The van der Waals surface area contributed by atoms with Crippen molar-refractivity contribution in [3.63, 3.8) is 0 Å². The molecule has 2 aliphatic heterocycles. The summed E-state index contributed by atoms with van der Waals surface area (Å²) in [7, 11) is 0. The molecule has 3 aromatic carbocycles. The molecule has 2 aliphatic rings. The number of rotatable bonds is 11. The summed E-state index contributed by atoms with van der Waals surface area (Å²) < 4.78 is 31.5. The average Bonchev–Trinajstić information content (AvgIpc) is 3.62. The number of ether oxygens (including phenoxy) is 3. The van der Waals surface area contributed by atoms with Gasteiger partial charge in [-0.3, -0.25) is 14.5 Å². The van der Waals surface area contributed by atoms with E-state index in [1.807, 2.05) is 36.1 Å². The molecular formula is C35H41FN2O6. The van der Waals surface area contributed by atoms with Crippen LogP contribution in [0.15, 0.2) is 48.5 Å². The maximum Gasteiger partial charge on any atom is 0.309 e. The van der Waals surface area contributed by atoms with Crippen molar-refractivity contribution in [3.8, 4) is 17.2 Å². The normalized spacial score (nSPS) is 19.4. The molecule has 1 unspecified atom stereocenters. The third kappa shape index (κ3) is 6.53. The number of nitrogens with one attached hydrogen (secondary N) is 1. The Balaban J connectivity index is 1.49. The smallest absolute Gasteiger partial charge is 0.309 e. The van der Waals surface area contributed by atoms with Gasteiger partial charge in [0.25, 0.3) is 0 Å². The number of carboxylic acid groups (broad SMARTS) is 1. The molecule has 0 aliphatic carbocycles. The fourth-order valence-corrected chi connectivity index (χ4v) is 6.38. The van der Waals surface area contributed by atoms with E-state index in [0.29, 0.717) is 23.8 Å². The third-order valence-electron chi connectivity index (χ3n) is 8.39. The molecule has 1 fully saturated rings. The fourth-order valence-electron chi connectivity index (χ4n) is 6.38. The summed E-state index contributed by atoms with van der Waals surface area (Å²) in [6.45, 7) is 10.9. The first-order valence-corrected chi connectivity index (χ1v) is 15.3. The number of carbonyl (C=O) groups excluding carboxylic acids is 1. The molecule has 0 bridgehead atoms. The van der Waals surface area contributed by atoms with Gasteiger partial charge in [-0.1, -0.05) is 57.5 Å². The van der Waals surface area contributed by atoms with E-state index in [2.05, 4.69) is 45.1 Å². The standard InChI is InChI=1S/C35H41FN2O6/c1-6-22-12-21(5)13-23(7-2)32(22)37-30(39)17-38-16-27(25-14-28(36)34-29(15-25)43-19-44-34)31(35(40)41)33(38)24-8-10-26(11-9-24)42-18-20(3)4/h8-15,20,27,31,33H,6-7,16-19H2,1-5H3,(H,37,39)(H,40,41)/t27-,31?,33+/m1/s1. The summed E-state index contributed by atoms with van der Waals surface area (Å²) >= 11 is 0. The van der Waals surface area contributed by atoms with Gasteiger partial charge in [0.05, 0.1) is 19.1 Å². The van der Waals surface area contributed by atoms with Crippen LogP contribution in [-0.4, -0.2) is 48.4 Å². The van der Waals surface area contributed by atoms with Gasteiger partial charge < -0.3 is 24.6 Å². The highest BCUT2D eigenvalue weighted by Crippen LogP contribution is 2.48. The highest BCUT2D eigenvalue weighted by atomic mass is 19.1. The highest BCUT2D eigenvalue weighted by molar-refractivity contribution is 5.94. The molecule has 2 N–H and O–H groups in total. The second-order valence-corrected chi connectivity index (χ2v) is 12.1. The van der Waals surface area contributed by atoms with Gasteiger partial charge in [0.2, 0.25) is 18.4 Å². The molecule has 3 aromatic rings. The molecule has 5 rings (SSSR count). The first-order chi connectivity index (χ1) is 21.1. The number of carboxylic acids is 1. The maximum absolute atomic E-state index is 15.0. The summed E-state index contributed by atoms with van der Waals surface area (Å²) in [5, 5.41) is 13.7. The quantitative estimate of drug-likeness (QED) is 0.258. The second kappa shape index (κ2) is 13.3. The van der Waals surface area contributed by atoms with Crippen molar-refractivity contribution >= 4 is 17.6 Å². The van der Waals surface area contributed by atoms with E-state index in [1.165, 1.54) is 6.07 Å². The molecule has 234 valence electrons. The number of likely N-dealkylation sites (tertiary alicyclic amines) is 1. The Labute approximate surface area is 258 Å². The first-order valence-electron chi connectivity index (χ1n) is 15.3. The van der Waals surface area contributed by atoms with Gasteiger partial charge in [0.15, 0.2) is 11.6 Å². The van der Waals surface area contributed by atoms with Crippen molar-refractivity contribution in [1.29, 1.82) is 0 Å². The van der Waals surface area contributed by atoms with Crippen molar-refractivity contribution in [2.24, 2.45) is 11.8 Å². The van der Waals surface area contributed by atoms with E-state index in [1.54, 1.807) is 6.07 Å². The zero-order valence-electron chi connectivity index (χ0n) is 26.0. The van der Waals surface area contributed by atoms with Crippen molar-refractivity contribution in [2.75, 3.05) is 31.8 Å². The predicted molar refractivity (Wildman–Crippen MR) is 166 cm³/mol. The lowest BCUT2D eigenvalue weighted by Crippen LogP contribution is -2.35. The van der Waals surface area contributed by atoms with Crippen LogP contribution in [-0.2, 0) is 22.4 Å². The second-order valence-electron chi connectivity index (χ2n) is 12.1. The number of anilines is 1. The average molecular weight is 605 g/mol. The summed E-state index contributed by atoms with van der Waals surface area (Å²) in [6, 6.07) is 13.9. The molecular weight excluding hydrogens is 563 g/mol. The maximum atomic E-state index is 15.0. The van der Waals surface area contributed by atoms with Gasteiger partial charge in [-0.2, -0.15) is 0 Å². The van der Waals surface area contributed by atoms with Crippen LogP contribution >= 0.6 is 0 Å². The molecule has 2 heterocycles. The minimum Gasteiger partial charge on any atom is -0.493 e. The molecule has 0 spiro atoms. The number of fused-ring (bicyclic) bond motifs is 1. The molecule has 8 nitrogen and oxygen atoms in total. The lowest BCUT2D eigenvalue weighted by Gasteiger charge is -2.27. The first kappa shape index (κ1) is 31.3. The van der Waals surface area contributed by atoms with Crippen LogP contribution in [0.2, 0.25) is 0 Å². The molecule has 0 radical (unpaired) electrons. The summed E-state index contributed by atoms with van der Waals surface area (Å²) in [6.07, 6.45) is 1.53. The number of amides is 1. The highest BCUT2D eigenvalue weighted by Gasteiger charge is 2.48. The van der Waals surface area contributed by atoms with Crippen LogP contribution in [0.4, 0.5) is 10.1 Å². The van der Waals surface area contributed by atoms with Crippen LogP contribution in [0.1, 0.15) is 67.5 Å². The molecule has 3 atom stereocenters. The molecule has 9 heteroatoms. The number of hydrogen-bond acceptors (Lipinski definition) is 6. The van der Waals surface area contributed by atoms with Crippen LogP contribution in [0.25, 0.3) is 0 Å². The van der Waals surface area contributed by atoms with E-state index >= 15 is 4.39 Å². The Morgan fingerprint density at radius 2 is 1.73 bits per heavy atom. The summed E-state index contributed by atoms with van der Waals surface area (Å²) in [5.74, 6) is -2.11. The lowest BCUT2D eigenvalue weighted by molar-refractivity contribution is -0.143. The number of nitrogens with zero attached hydrogens (tertiary/aromatic N) is 1. The summed E-state index contributed by atoms with van der Waals surface area (Å²) in [4.78, 5) is 28.5. The van der Waals surface area contributed by atoms with Crippen LogP contribution in [0, 0.1) is 24.6 Å². The number of halogens is 1. The van der Waals surface area contributed by atoms with Gasteiger partial charge in [-0.15, -0.1) is 0 Å². The van der Waals surface area contributed by atoms with Gasteiger partial charge in [0.1, 0.15) is 5.75 Å². The van der Waals surface area contributed by atoms with Crippen molar-refractivity contribution in [3.05, 3.63) is 82.2 Å². The van der Waals surface area contributed by atoms with E-state index in [9.17, 15) is 14.7 Å². The Hall–Kier alpha value is -4.11. The molecule has 1 saturated heterocycles. The Bertz CT molecular complexity index is 1500. The van der Waals surface area contributed by atoms with Crippen molar-refractivity contribution in [2.45, 2.75) is 59.4 Å². The molecule has 44 heavy (non-hydrogen) atoms. The van der Waals surface area contributed by atoms with Crippen molar-refractivity contribution in [1.82, 2.24) is 4.90 Å². The van der Waals surface area contributed by atoms with E-state index in [0.717, 1.165) is 40.8 Å². The fraction of sp³-hybridized carbons (Fsp3) is 0.429. The number of aryl methyl sites for hydroxylation is 3. The number of benzene rings is 3. The van der Waals surface area contributed by atoms with Crippen LogP contribution in [0.3, 0.4) is 0 Å². The zero-order valence-corrected chi connectivity index (χ0v) is 26.0. The zero-order chi connectivity index (χ0) is 31.5. The minimum atomic E-state index is -1.03. The van der Waals surface area contributed by atoms with E-state index in [-0.39, 0.29) is 37.3 Å². The van der Waals surface area contributed by atoms with Crippen molar-refractivity contribution < 1.29 is 33.3 Å². The number of carbonyl (C=O) groups is 2. The van der Waals surface area contributed by atoms with Gasteiger partial charge in [0, 0.05) is 24.2 Å². The SMILES string of the molecule is CCc1cc(C)cc(CC)c1NC(=O)CN1C[C@H](c2cc(F)c3c(c2)OCO3)C(C(=O)O)[C@@H]1c1ccc(OCC(C)C)cc1. The Kier molecular flexibility index (Phi) is 9.44. The van der Waals surface area contributed by atoms with Crippen LogP contribution < -0.4 is 19.5 Å². The summed E-state index contributed by atoms with van der Waals surface area (Å²) in [5.41, 5.74) is 5.30. The Morgan fingerprint density at radius 1 is 1.05 bits per heavy atom. The predicted octanol–water partition coefficient (Wildman–Crippen LogP) is 6.50. The monoisotopic (exact) mass is 604 g/mol. The topological polar surface area (TPSA) is 97.3 Å². The largest absolute Gasteiger partial charge is 0.493 e. The van der Waals surface area contributed by atoms with Gasteiger partial charge in [-0.05, 0) is 72.2 Å². The third-order valence-corrected chi connectivity index (χ3v) is 8.39. The van der Waals surface area contributed by atoms with Gasteiger partial charge >= 0.3 is 5.97 Å². The van der Waals surface area contributed by atoms with E-state index in [4.69, 9.17) is 14.2 Å².